The Morgan fingerprint density at radius 3 is 1.82 bits per heavy atom. The fourth-order valence-corrected chi connectivity index (χ4v) is 10.2. The van der Waals surface area contributed by atoms with Crippen LogP contribution in [0.1, 0.15) is 23.0 Å². The van der Waals surface area contributed by atoms with Gasteiger partial charge in [-0.2, -0.15) is 0 Å². The van der Waals surface area contributed by atoms with Crippen molar-refractivity contribution < 1.29 is 19.1 Å². The average molecular weight is 459 g/mol. The molecule has 0 bridgehead atoms. The molecule has 0 amide bonds. The van der Waals surface area contributed by atoms with Gasteiger partial charge in [-0.1, -0.05) is 60.7 Å². The molecule has 0 spiro atoms. The fraction of sp³-hybridized carbons (Fsp3) is 0.500. The van der Waals surface area contributed by atoms with E-state index in [2.05, 4.69) is 60.3 Å². The lowest BCUT2D eigenvalue weighted by atomic mass is 9.63. The molecule has 176 valence electrons. The van der Waals surface area contributed by atoms with E-state index in [1.165, 1.54) is 19.8 Å². The van der Waals surface area contributed by atoms with Crippen molar-refractivity contribution >= 4 is 11.9 Å². The molecule has 6 nitrogen and oxygen atoms in total. The van der Waals surface area contributed by atoms with Gasteiger partial charge in [-0.25, -0.2) is 0 Å². The van der Waals surface area contributed by atoms with E-state index < -0.39 is 10.8 Å². The first kappa shape index (κ1) is 20.7. The van der Waals surface area contributed by atoms with Crippen molar-refractivity contribution in [1.29, 1.82) is 0 Å². The summed E-state index contributed by atoms with van der Waals surface area (Å²) in [5.41, 5.74) is 0.639. The molecule has 34 heavy (non-hydrogen) atoms. The Bertz CT molecular complexity index is 1190. The number of likely N-dealkylation sites (N-methyl/N-ethyl adjacent to an activating group) is 2. The third-order valence-corrected chi connectivity index (χ3v) is 10.4. The summed E-state index contributed by atoms with van der Waals surface area (Å²) in [6, 6.07) is 20.9. The highest BCUT2D eigenvalue weighted by molar-refractivity contribution is 5.92. The molecule has 4 aliphatic rings. The fourth-order valence-electron chi connectivity index (χ4n) is 10.2. The zero-order valence-corrected chi connectivity index (χ0v) is 19.9. The predicted molar refractivity (Wildman–Crippen MR) is 125 cm³/mol. The number of hydrogen-bond acceptors (Lipinski definition) is 6. The summed E-state index contributed by atoms with van der Waals surface area (Å²) in [6.07, 6.45) is 0. The van der Waals surface area contributed by atoms with Crippen molar-refractivity contribution in [1.82, 2.24) is 9.80 Å². The summed E-state index contributed by atoms with van der Waals surface area (Å²) in [5.74, 6) is -0.295. The maximum Gasteiger partial charge on any atom is 0.315 e. The standard InChI is InChI=1S/C28H30N2O4/c1-29-21-17-18(15-11-7-5-8-12-15)27(25(31)33-3)20(21)19(16-13-9-6-10-14-16)28(26(32)34-4)23(29)22(17)30(2)24(27)28/h5-14,17-24H,1-4H3. The highest BCUT2D eigenvalue weighted by Crippen LogP contribution is 2.85. The molecule has 10 unspecified atom stereocenters. The maximum absolute atomic E-state index is 14.2. The third kappa shape index (κ3) is 1.83. The molecule has 6 rings (SSSR count). The largest absolute Gasteiger partial charge is 0.469 e. The number of carbonyl (C=O) groups is 2. The number of hydrogen-bond donors (Lipinski definition) is 0. The highest BCUT2D eigenvalue weighted by atomic mass is 16.5. The SMILES string of the molecule is COC(=O)C12C(c3ccccc3)C3C4C1C(c1ccccc1)C1(C(=O)OC)C(C3N(C)C21)N4C. The summed E-state index contributed by atoms with van der Waals surface area (Å²) < 4.78 is 11.3. The van der Waals surface area contributed by atoms with Gasteiger partial charge >= 0.3 is 11.9 Å². The molecule has 10 atom stereocenters. The van der Waals surface area contributed by atoms with Gasteiger partial charge in [0.05, 0.1) is 19.6 Å². The van der Waals surface area contributed by atoms with Gasteiger partial charge in [0, 0.05) is 41.9 Å². The summed E-state index contributed by atoms with van der Waals surface area (Å²) in [7, 11) is 7.27. The smallest absolute Gasteiger partial charge is 0.315 e. The molecule has 2 saturated carbocycles. The van der Waals surface area contributed by atoms with E-state index in [9.17, 15) is 9.59 Å². The number of benzene rings is 2. The minimum absolute atomic E-state index is 0.00459. The third-order valence-electron chi connectivity index (χ3n) is 10.4. The highest BCUT2D eigenvalue weighted by Gasteiger charge is 2.95. The molecule has 2 aliphatic carbocycles. The first-order valence-electron chi connectivity index (χ1n) is 12.2. The Hall–Kier alpha value is -2.70. The van der Waals surface area contributed by atoms with Gasteiger partial charge in [0.2, 0.25) is 0 Å². The lowest BCUT2D eigenvalue weighted by Crippen LogP contribution is -2.60. The number of piperidine rings is 2. The number of rotatable bonds is 4. The summed E-state index contributed by atoms with van der Waals surface area (Å²) in [4.78, 5) is 33.1. The molecule has 2 aromatic rings. The lowest BCUT2D eigenvalue weighted by Gasteiger charge is -2.49. The van der Waals surface area contributed by atoms with E-state index in [4.69, 9.17) is 9.47 Å². The van der Waals surface area contributed by atoms with Gasteiger partial charge in [0.1, 0.15) is 5.41 Å². The molecule has 0 aromatic heterocycles. The van der Waals surface area contributed by atoms with E-state index in [-0.39, 0.29) is 59.8 Å². The van der Waals surface area contributed by atoms with Crippen LogP contribution < -0.4 is 0 Å². The second-order valence-electron chi connectivity index (χ2n) is 10.9. The van der Waals surface area contributed by atoms with E-state index in [1.54, 1.807) is 0 Å². The molecule has 2 aromatic carbocycles. The van der Waals surface area contributed by atoms with Gasteiger partial charge in [0.15, 0.2) is 0 Å². The van der Waals surface area contributed by atoms with E-state index in [0.29, 0.717) is 0 Å². The molecule has 2 heterocycles. The molecular formula is C28H30N2O4. The second-order valence-corrected chi connectivity index (χ2v) is 10.9. The predicted octanol–water partition coefficient (Wildman–Crippen LogP) is 2.51. The molecule has 6 heteroatoms. The van der Waals surface area contributed by atoms with Gasteiger partial charge in [0.25, 0.3) is 0 Å². The molecule has 0 radical (unpaired) electrons. The second kappa shape index (κ2) is 6.49. The van der Waals surface area contributed by atoms with Crippen molar-refractivity contribution in [3.8, 4) is 0 Å². The van der Waals surface area contributed by atoms with E-state index >= 15 is 0 Å². The van der Waals surface area contributed by atoms with Crippen molar-refractivity contribution in [2.75, 3.05) is 28.3 Å². The normalized spacial score (nSPS) is 45.3. The van der Waals surface area contributed by atoms with E-state index in [1.807, 2.05) is 24.3 Å². The van der Waals surface area contributed by atoms with Crippen LogP contribution in [0.5, 0.6) is 0 Å². The van der Waals surface area contributed by atoms with Crippen molar-refractivity contribution in [2.24, 2.45) is 22.7 Å². The van der Waals surface area contributed by atoms with Crippen molar-refractivity contribution in [3.05, 3.63) is 71.8 Å². The van der Waals surface area contributed by atoms with Gasteiger partial charge in [-0.15, -0.1) is 0 Å². The number of ether oxygens (including phenoxy) is 2. The number of carbonyl (C=O) groups excluding carboxylic acids is 2. The molecule has 0 N–H and O–H groups in total. The molecule has 4 fully saturated rings. The molecule has 2 aliphatic heterocycles. The van der Waals surface area contributed by atoms with Crippen molar-refractivity contribution in [2.45, 2.75) is 36.0 Å². The Morgan fingerprint density at radius 2 is 1.26 bits per heavy atom. The Morgan fingerprint density at radius 1 is 0.735 bits per heavy atom. The number of fused-ring (bicyclic) bond motifs is 8. The summed E-state index contributed by atoms with van der Waals surface area (Å²) in [6.45, 7) is 0. The molecular weight excluding hydrogens is 428 g/mol. The van der Waals surface area contributed by atoms with Gasteiger partial charge in [-0.3, -0.25) is 19.4 Å². The Labute approximate surface area is 199 Å². The van der Waals surface area contributed by atoms with Crippen LogP contribution in [0.2, 0.25) is 0 Å². The van der Waals surface area contributed by atoms with Crippen LogP contribution in [0.3, 0.4) is 0 Å². The minimum Gasteiger partial charge on any atom is -0.469 e. The monoisotopic (exact) mass is 458 g/mol. The average Bonchev–Trinajstić information content (AvgIpc) is 3.42. The first-order valence-corrected chi connectivity index (χ1v) is 12.2. The van der Waals surface area contributed by atoms with Gasteiger partial charge in [-0.05, 0) is 31.1 Å². The summed E-state index contributed by atoms with van der Waals surface area (Å²) >= 11 is 0. The first-order chi connectivity index (χ1) is 16.5. The quantitative estimate of drug-likeness (QED) is 0.518. The van der Waals surface area contributed by atoms with Crippen LogP contribution in [0.4, 0.5) is 0 Å². The summed E-state index contributed by atoms with van der Waals surface area (Å²) in [5, 5.41) is 0. The zero-order valence-electron chi connectivity index (χ0n) is 19.9. The number of methoxy groups -OCH3 is 2. The number of esters is 2. The lowest BCUT2D eigenvalue weighted by molar-refractivity contribution is -0.165. The van der Waals surface area contributed by atoms with E-state index in [0.717, 1.165) is 5.56 Å². The van der Waals surface area contributed by atoms with Crippen LogP contribution >= 0.6 is 0 Å². The van der Waals surface area contributed by atoms with Crippen molar-refractivity contribution in [3.63, 3.8) is 0 Å². The van der Waals surface area contributed by atoms with Crippen LogP contribution in [-0.2, 0) is 19.1 Å². The van der Waals surface area contributed by atoms with Crippen LogP contribution in [0, 0.1) is 22.7 Å². The van der Waals surface area contributed by atoms with Crippen LogP contribution in [0.25, 0.3) is 0 Å². The number of nitrogens with zero attached hydrogens (tertiary/aromatic N) is 2. The topological polar surface area (TPSA) is 59.1 Å². The zero-order chi connectivity index (χ0) is 23.6. The van der Waals surface area contributed by atoms with Crippen LogP contribution in [-0.4, -0.2) is 74.2 Å². The molecule has 2 saturated heterocycles. The van der Waals surface area contributed by atoms with Crippen LogP contribution in [0.15, 0.2) is 60.7 Å². The maximum atomic E-state index is 14.2. The number of likely N-dealkylation sites (tertiary alicyclic amines) is 2. The van der Waals surface area contributed by atoms with Gasteiger partial charge < -0.3 is 9.47 Å². The Balaban J connectivity index is 1.61. The Kier molecular flexibility index (Phi) is 3.94. The minimum atomic E-state index is -0.835.